The molecule has 238 valence electrons. The van der Waals surface area contributed by atoms with Crippen LogP contribution < -0.4 is 11.6 Å². The van der Waals surface area contributed by atoms with Crippen LogP contribution in [0.15, 0.2) is 77.9 Å². The Morgan fingerprint density at radius 1 is 1.00 bits per heavy atom. The summed E-state index contributed by atoms with van der Waals surface area (Å²) in [6.07, 6.45) is 1.77. The minimum atomic E-state index is -1.05. The number of amidine groups is 1. The standard InChI is InChI=1S/C32H38N6O7/c1-4-5-14-28(39)36(29(21(2)3)32(41)42)19-22-15-17-23(18-16-22)25-11-8-9-13-27(25)30(33)35-37(34)31(40)26-12-7-6-10-24(26)20-45-38(43)44/h6-13,15-18,21,29H,4-5,14,19-20,34H2,1-3H3,(H2,33,35)(H,41,42). The van der Waals surface area contributed by atoms with Gasteiger partial charge in [0.15, 0.2) is 5.84 Å². The van der Waals surface area contributed by atoms with E-state index in [1.165, 1.54) is 17.0 Å². The number of aliphatic carboxylic acids is 1. The zero-order valence-electron chi connectivity index (χ0n) is 25.5. The van der Waals surface area contributed by atoms with E-state index in [0.29, 0.717) is 22.7 Å². The Labute approximate surface area is 261 Å². The van der Waals surface area contributed by atoms with Crippen LogP contribution in [0.2, 0.25) is 0 Å². The lowest BCUT2D eigenvalue weighted by molar-refractivity contribution is -0.763. The Kier molecular flexibility index (Phi) is 12.1. The number of carbonyl (C=O) groups excluding carboxylic acids is 2. The molecule has 0 saturated heterocycles. The van der Waals surface area contributed by atoms with Crippen LogP contribution in [0.4, 0.5) is 0 Å². The van der Waals surface area contributed by atoms with Gasteiger partial charge >= 0.3 is 5.97 Å². The Morgan fingerprint density at radius 2 is 1.62 bits per heavy atom. The van der Waals surface area contributed by atoms with Gasteiger partial charge in [-0.05, 0) is 40.7 Å². The van der Waals surface area contributed by atoms with E-state index in [-0.39, 0.29) is 41.8 Å². The molecule has 0 aliphatic carbocycles. The molecule has 1 atom stereocenters. The van der Waals surface area contributed by atoms with Gasteiger partial charge in [-0.15, -0.1) is 15.2 Å². The third-order valence-electron chi connectivity index (χ3n) is 7.10. The van der Waals surface area contributed by atoms with E-state index in [2.05, 4.69) is 9.94 Å². The van der Waals surface area contributed by atoms with Gasteiger partial charge < -0.3 is 20.6 Å². The summed E-state index contributed by atoms with van der Waals surface area (Å²) >= 11 is 0. The zero-order valence-corrected chi connectivity index (χ0v) is 25.5. The highest BCUT2D eigenvalue weighted by Crippen LogP contribution is 2.26. The van der Waals surface area contributed by atoms with Crippen LogP contribution >= 0.6 is 0 Å². The molecule has 13 nitrogen and oxygen atoms in total. The maximum absolute atomic E-state index is 13.0. The summed E-state index contributed by atoms with van der Waals surface area (Å²) in [4.78, 5) is 54.6. The number of hydrazone groups is 1. The topological polar surface area (TPSA) is 195 Å². The van der Waals surface area contributed by atoms with Crippen LogP contribution in [-0.2, 0) is 27.6 Å². The first-order valence-electron chi connectivity index (χ1n) is 14.4. The molecular formula is C32H38N6O7. The maximum atomic E-state index is 13.0. The first-order valence-corrected chi connectivity index (χ1v) is 14.4. The fraction of sp³-hybridized carbons (Fsp3) is 0.312. The van der Waals surface area contributed by atoms with Crippen molar-refractivity contribution in [3.63, 3.8) is 0 Å². The molecule has 1 unspecified atom stereocenters. The van der Waals surface area contributed by atoms with Crippen molar-refractivity contribution in [2.75, 3.05) is 0 Å². The van der Waals surface area contributed by atoms with Crippen molar-refractivity contribution in [2.45, 2.75) is 59.2 Å². The molecule has 13 heteroatoms. The van der Waals surface area contributed by atoms with E-state index in [0.717, 1.165) is 17.5 Å². The van der Waals surface area contributed by atoms with E-state index in [4.69, 9.17) is 11.6 Å². The van der Waals surface area contributed by atoms with Gasteiger partial charge in [0.2, 0.25) is 5.91 Å². The number of benzene rings is 3. The summed E-state index contributed by atoms with van der Waals surface area (Å²) in [6.45, 7) is 5.24. The Balaban J connectivity index is 1.86. The molecule has 0 heterocycles. The van der Waals surface area contributed by atoms with Crippen molar-refractivity contribution in [2.24, 2.45) is 22.6 Å². The van der Waals surface area contributed by atoms with E-state index in [1.54, 1.807) is 38.1 Å². The molecular weight excluding hydrogens is 580 g/mol. The lowest BCUT2D eigenvalue weighted by Crippen LogP contribution is -2.47. The molecule has 0 aromatic heterocycles. The minimum Gasteiger partial charge on any atom is -0.480 e. The number of rotatable bonds is 15. The van der Waals surface area contributed by atoms with E-state index in [1.807, 2.05) is 43.3 Å². The Bertz CT molecular complexity index is 1540. The number of unbranched alkanes of at least 4 members (excludes halogenated alkanes) is 1. The zero-order chi connectivity index (χ0) is 33.1. The van der Waals surface area contributed by atoms with Crippen molar-refractivity contribution >= 4 is 23.6 Å². The second-order valence-electron chi connectivity index (χ2n) is 10.7. The van der Waals surface area contributed by atoms with E-state index < -0.39 is 29.6 Å². The lowest BCUT2D eigenvalue weighted by Gasteiger charge is -2.32. The van der Waals surface area contributed by atoms with Gasteiger partial charge in [-0.25, -0.2) is 10.6 Å². The number of amides is 2. The summed E-state index contributed by atoms with van der Waals surface area (Å²) in [5.41, 5.74) is 9.31. The molecule has 0 bridgehead atoms. The van der Waals surface area contributed by atoms with Crippen molar-refractivity contribution in [3.8, 4) is 11.1 Å². The normalized spacial score (nSPS) is 12.0. The predicted octanol–water partition coefficient (Wildman–Crippen LogP) is 4.33. The van der Waals surface area contributed by atoms with Gasteiger partial charge in [0.25, 0.3) is 11.0 Å². The van der Waals surface area contributed by atoms with Crippen LogP contribution in [0.3, 0.4) is 0 Å². The van der Waals surface area contributed by atoms with Crippen LogP contribution in [-0.4, -0.2) is 49.9 Å². The number of hydrogen-bond donors (Lipinski definition) is 3. The molecule has 0 radical (unpaired) electrons. The van der Waals surface area contributed by atoms with E-state index >= 15 is 0 Å². The fourth-order valence-corrected chi connectivity index (χ4v) is 4.85. The highest BCUT2D eigenvalue weighted by molar-refractivity contribution is 6.04. The SMILES string of the molecule is CCCCC(=O)N(Cc1ccc(-c2ccccc2/C(N)=N/N(N)C(=O)c2ccccc2CO[N+](=O)[O-])cc1)C(C(=O)O)C(C)C. The molecule has 45 heavy (non-hydrogen) atoms. The second-order valence-corrected chi connectivity index (χ2v) is 10.7. The maximum Gasteiger partial charge on any atom is 0.326 e. The van der Waals surface area contributed by atoms with Crippen LogP contribution in [0, 0.1) is 16.0 Å². The average Bonchev–Trinajstić information content (AvgIpc) is 3.02. The average molecular weight is 619 g/mol. The molecule has 2 amide bonds. The first-order chi connectivity index (χ1) is 21.4. The quantitative estimate of drug-likeness (QED) is 0.0555. The summed E-state index contributed by atoms with van der Waals surface area (Å²) in [6, 6.07) is 19.6. The summed E-state index contributed by atoms with van der Waals surface area (Å²) < 4.78 is 0. The molecule has 0 fully saturated rings. The number of carboxylic acid groups (broad SMARTS) is 1. The summed E-state index contributed by atoms with van der Waals surface area (Å²) in [5.74, 6) is 3.62. The molecule has 5 N–H and O–H groups in total. The van der Waals surface area contributed by atoms with E-state index in [9.17, 15) is 29.6 Å². The largest absolute Gasteiger partial charge is 0.480 e. The van der Waals surface area contributed by atoms with Gasteiger partial charge in [-0.2, -0.15) is 5.12 Å². The van der Waals surface area contributed by atoms with Gasteiger partial charge in [0.05, 0.1) is 0 Å². The predicted molar refractivity (Wildman–Crippen MR) is 168 cm³/mol. The first kappa shape index (κ1) is 34.2. The Morgan fingerprint density at radius 3 is 2.22 bits per heavy atom. The van der Waals surface area contributed by atoms with Gasteiger partial charge in [0, 0.05) is 24.1 Å². The third-order valence-corrected chi connectivity index (χ3v) is 7.10. The third kappa shape index (κ3) is 9.10. The van der Waals surface area contributed by atoms with Crippen molar-refractivity contribution in [1.29, 1.82) is 0 Å². The molecule has 0 spiro atoms. The molecule has 0 aliphatic heterocycles. The van der Waals surface area contributed by atoms with Gasteiger partial charge in [0.1, 0.15) is 12.6 Å². The second kappa shape index (κ2) is 16.0. The van der Waals surface area contributed by atoms with Gasteiger partial charge in [-0.3, -0.25) is 9.59 Å². The molecule has 3 aromatic carbocycles. The smallest absolute Gasteiger partial charge is 0.326 e. The van der Waals surface area contributed by atoms with Crippen LogP contribution in [0.1, 0.15) is 67.1 Å². The Hall–Kier alpha value is -5.30. The number of hydrazine groups is 1. The summed E-state index contributed by atoms with van der Waals surface area (Å²) in [5, 5.41) is 24.2. The number of carbonyl (C=O) groups is 3. The lowest BCUT2D eigenvalue weighted by atomic mass is 9.97. The van der Waals surface area contributed by atoms with Gasteiger partial charge in [-0.1, -0.05) is 93.9 Å². The van der Waals surface area contributed by atoms with Crippen molar-refractivity contribution in [1.82, 2.24) is 10.0 Å². The molecule has 0 saturated carbocycles. The highest BCUT2D eigenvalue weighted by Gasteiger charge is 2.32. The fourth-order valence-electron chi connectivity index (χ4n) is 4.85. The molecule has 3 aromatic rings. The summed E-state index contributed by atoms with van der Waals surface area (Å²) in [7, 11) is 0. The van der Waals surface area contributed by atoms with Crippen LogP contribution in [0.5, 0.6) is 0 Å². The number of hydrogen-bond acceptors (Lipinski definition) is 8. The van der Waals surface area contributed by atoms with Crippen molar-refractivity contribution in [3.05, 3.63) is 105 Å². The van der Waals surface area contributed by atoms with Crippen LogP contribution in [0.25, 0.3) is 11.1 Å². The number of carboxylic acids is 1. The monoisotopic (exact) mass is 618 g/mol. The number of nitrogens with two attached hydrogens (primary N) is 2. The molecule has 0 aliphatic rings. The molecule has 3 rings (SSSR count). The minimum absolute atomic E-state index is 0.0570. The highest BCUT2D eigenvalue weighted by atomic mass is 16.9. The van der Waals surface area contributed by atoms with Crippen molar-refractivity contribution < 1.29 is 29.4 Å². The number of nitrogens with zero attached hydrogens (tertiary/aromatic N) is 4.